The molecule has 0 fully saturated rings. The van der Waals surface area contributed by atoms with E-state index in [4.69, 9.17) is 9.15 Å². The van der Waals surface area contributed by atoms with Crippen molar-refractivity contribution in [2.45, 2.75) is 16.3 Å². The number of sulfonamides is 1. The number of thioether (sulfide) groups is 1. The smallest absolute Gasteiger partial charge is 0.338 e. The molecule has 0 saturated heterocycles. The summed E-state index contributed by atoms with van der Waals surface area (Å²) in [5, 5.41) is 0. The van der Waals surface area contributed by atoms with Crippen LogP contribution < -0.4 is 4.72 Å². The standard InChI is InChI=1S/C21H19NO6S2/c1-29-18-9-7-15(8-10-18)20(23)14-28-21(24)16-4-2-6-19(12-16)30(25,26)22-13-17-5-3-11-27-17/h2-12,22H,13-14H2,1H3. The van der Waals surface area contributed by atoms with Crippen LogP contribution in [0.5, 0.6) is 0 Å². The number of carbonyl (C=O) groups excluding carboxylic acids is 2. The van der Waals surface area contributed by atoms with Gasteiger partial charge in [0, 0.05) is 10.5 Å². The lowest BCUT2D eigenvalue weighted by Crippen LogP contribution is -2.23. The maximum Gasteiger partial charge on any atom is 0.338 e. The van der Waals surface area contributed by atoms with Crippen molar-refractivity contribution in [1.29, 1.82) is 0 Å². The summed E-state index contributed by atoms with van der Waals surface area (Å²) in [7, 11) is -3.86. The highest BCUT2D eigenvalue weighted by atomic mass is 32.2. The van der Waals surface area contributed by atoms with Gasteiger partial charge in [0.15, 0.2) is 12.4 Å². The largest absolute Gasteiger partial charge is 0.468 e. The topological polar surface area (TPSA) is 103 Å². The monoisotopic (exact) mass is 445 g/mol. The van der Waals surface area contributed by atoms with Gasteiger partial charge in [-0.15, -0.1) is 11.8 Å². The van der Waals surface area contributed by atoms with Gasteiger partial charge in [-0.2, -0.15) is 0 Å². The van der Waals surface area contributed by atoms with E-state index in [0.29, 0.717) is 11.3 Å². The molecule has 0 aliphatic heterocycles. The number of furan rings is 1. The molecule has 3 rings (SSSR count). The van der Waals surface area contributed by atoms with Crippen LogP contribution in [0.25, 0.3) is 0 Å². The Balaban J connectivity index is 1.62. The minimum absolute atomic E-state index is 0.0200. The lowest BCUT2D eigenvalue weighted by molar-refractivity contribution is 0.0474. The first-order valence-corrected chi connectivity index (χ1v) is 11.6. The number of hydrogen-bond donors (Lipinski definition) is 1. The Morgan fingerprint density at radius 1 is 1.03 bits per heavy atom. The van der Waals surface area contributed by atoms with E-state index in [1.807, 2.05) is 18.4 Å². The van der Waals surface area contributed by atoms with E-state index in [-0.39, 0.29) is 22.8 Å². The molecular weight excluding hydrogens is 426 g/mol. The lowest BCUT2D eigenvalue weighted by Gasteiger charge is -2.08. The van der Waals surface area contributed by atoms with E-state index in [0.717, 1.165) is 4.90 Å². The zero-order valence-electron chi connectivity index (χ0n) is 16.0. The van der Waals surface area contributed by atoms with E-state index in [1.54, 1.807) is 36.0 Å². The summed E-state index contributed by atoms with van der Waals surface area (Å²) in [6.45, 7) is -0.459. The van der Waals surface area contributed by atoms with Crippen molar-refractivity contribution >= 4 is 33.5 Å². The molecule has 2 aromatic carbocycles. The number of hydrogen-bond acceptors (Lipinski definition) is 7. The molecule has 0 bridgehead atoms. The summed E-state index contributed by atoms with van der Waals surface area (Å²) < 4.78 is 37.4. The third-order valence-electron chi connectivity index (χ3n) is 4.14. The highest BCUT2D eigenvalue weighted by Crippen LogP contribution is 2.16. The fraction of sp³-hybridized carbons (Fsp3) is 0.143. The van der Waals surface area contributed by atoms with E-state index in [9.17, 15) is 18.0 Å². The molecule has 0 saturated carbocycles. The Bertz CT molecular complexity index is 1120. The molecule has 156 valence electrons. The second-order valence-corrected chi connectivity index (χ2v) is 8.81. The Morgan fingerprint density at radius 2 is 1.80 bits per heavy atom. The molecule has 0 radical (unpaired) electrons. The molecule has 0 aliphatic carbocycles. The Labute approximate surface area is 178 Å². The number of rotatable bonds is 9. The minimum atomic E-state index is -3.86. The molecule has 1 aromatic heterocycles. The van der Waals surface area contributed by atoms with Gasteiger partial charge in [-0.1, -0.05) is 18.2 Å². The summed E-state index contributed by atoms with van der Waals surface area (Å²) in [4.78, 5) is 25.4. The molecular formula is C21H19NO6S2. The fourth-order valence-electron chi connectivity index (χ4n) is 2.53. The minimum Gasteiger partial charge on any atom is -0.468 e. The van der Waals surface area contributed by atoms with Crippen LogP contribution in [0, 0.1) is 0 Å². The molecule has 0 spiro atoms. The lowest BCUT2D eigenvalue weighted by atomic mass is 10.1. The highest BCUT2D eigenvalue weighted by Gasteiger charge is 2.18. The predicted molar refractivity (Wildman–Crippen MR) is 112 cm³/mol. The van der Waals surface area contributed by atoms with Crippen molar-refractivity contribution in [1.82, 2.24) is 4.72 Å². The van der Waals surface area contributed by atoms with E-state index >= 15 is 0 Å². The normalized spacial score (nSPS) is 11.2. The Hall–Kier alpha value is -2.88. The zero-order chi connectivity index (χ0) is 21.6. The molecule has 7 nitrogen and oxygen atoms in total. The highest BCUT2D eigenvalue weighted by molar-refractivity contribution is 7.98. The van der Waals surface area contributed by atoms with E-state index in [2.05, 4.69) is 4.72 Å². The first-order chi connectivity index (χ1) is 14.4. The van der Waals surface area contributed by atoms with Gasteiger partial charge in [0.25, 0.3) is 0 Å². The van der Waals surface area contributed by atoms with Gasteiger partial charge in [-0.05, 0) is 48.7 Å². The van der Waals surface area contributed by atoms with Crippen molar-refractivity contribution in [2.75, 3.05) is 12.9 Å². The maximum absolute atomic E-state index is 12.4. The third-order valence-corrected chi connectivity index (χ3v) is 6.29. The summed E-state index contributed by atoms with van der Waals surface area (Å²) >= 11 is 1.55. The second kappa shape index (κ2) is 9.75. The van der Waals surface area contributed by atoms with Crippen molar-refractivity contribution < 1.29 is 27.2 Å². The van der Waals surface area contributed by atoms with Crippen LogP contribution in [0.3, 0.4) is 0 Å². The second-order valence-electron chi connectivity index (χ2n) is 6.16. The Morgan fingerprint density at radius 3 is 2.47 bits per heavy atom. The maximum atomic E-state index is 12.4. The number of benzene rings is 2. The van der Waals surface area contributed by atoms with Crippen LogP contribution in [-0.4, -0.2) is 33.0 Å². The number of esters is 1. The van der Waals surface area contributed by atoms with Crippen LogP contribution in [-0.2, 0) is 21.3 Å². The van der Waals surface area contributed by atoms with E-state index in [1.165, 1.54) is 30.5 Å². The first kappa shape index (κ1) is 21.8. The number of nitrogens with one attached hydrogen (secondary N) is 1. The number of ketones is 1. The summed E-state index contributed by atoms with van der Waals surface area (Å²) in [5.41, 5.74) is 0.459. The van der Waals surface area contributed by atoms with Crippen molar-refractivity contribution in [3.8, 4) is 0 Å². The predicted octanol–water partition coefficient (Wildman–Crippen LogP) is 3.52. The van der Waals surface area contributed by atoms with E-state index < -0.39 is 22.6 Å². The zero-order valence-corrected chi connectivity index (χ0v) is 17.7. The van der Waals surface area contributed by atoms with Gasteiger partial charge in [0.2, 0.25) is 10.0 Å². The fourth-order valence-corrected chi connectivity index (χ4v) is 3.97. The average molecular weight is 446 g/mol. The SMILES string of the molecule is CSc1ccc(C(=O)COC(=O)c2cccc(S(=O)(=O)NCc3ccco3)c2)cc1. The average Bonchev–Trinajstić information content (AvgIpc) is 3.30. The molecule has 30 heavy (non-hydrogen) atoms. The van der Waals surface area contributed by atoms with Gasteiger partial charge >= 0.3 is 5.97 Å². The molecule has 0 amide bonds. The number of carbonyl (C=O) groups is 2. The molecule has 0 unspecified atom stereocenters. The van der Waals surface area contributed by atoms with Gasteiger partial charge in [-0.25, -0.2) is 17.9 Å². The van der Waals surface area contributed by atoms with Crippen LogP contribution in [0.1, 0.15) is 26.5 Å². The molecule has 0 atom stereocenters. The van der Waals surface area contributed by atoms with Crippen LogP contribution >= 0.6 is 11.8 Å². The van der Waals surface area contributed by atoms with Gasteiger partial charge < -0.3 is 9.15 Å². The number of ether oxygens (including phenoxy) is 1. The summed E-state index contributed by atoms with van der Waals surface area (Å²) in [6.07, 6.45) is 3.37. The van der Waals surface area contributed by atoms with Crippen molar-refractivity contribution in [3.63, 3.8) is 0 Å². The van der Waals surface area contributed by atoms with Gasteiger partial charge in [0.05, 0.1) is 23.3 Å². The Kier molecular flexibility index (Phi) is 7.09. The molecule has 1 N–H and O–H groups in total. The molecule has 0 aliphatic rings. The van der Waals surface area contributed by atoms with Crippen molar-refractivity contribution in [2.24, 2.45) is 0 Å². The summed E-state index contributed by atoms with van der Waals surface area (Å²) in [6, 6.07) is 15.7. The van der Waals surface area contributed by atoms with Crippen LogP contribution in [0.4, 0.5) is 0 Å². The third kappa shape index (κ3) is 5.59. The van der Waals surface area contributed by atoms with Crippen LogP contribution in [0.2, 0.25) is 0 Å². The quantitative estimate of drug-likeness (QED) is 0.305. The molecule has 1 heterocycles. The van der Waals surface area contributed by atoms with Crippen molar-refractivity contribution in [3.05, 3.63) is 83.8 Å². The number of Topliss-reactive ketones (excluding diaryl/α,β-unsaturated/α-hetero) is 1. The van der Waals surface area contributed by atoms with Gasteiger partial charge in [0.1, 0.15) is 5.76 Å². The first-order valence-electron chi connectivity index (χ1n) is 8.85. The van der Waals surface area contributed by atoms with Gasteiger partial charge in [-0.3, -0.25) is 4.79 Å². The molecule has 9 heteroatoms. The summed E-state index contributed by atoms with van der Waals surface area (Å²) in [5.74, 6) is -0.676. The molecule has 3 aromatic rings. The van der Waals surface area contributed by atoms with Crippen LogP contribution in [0.15, 0.2) is 81.1 Å².